The van der Waals surface area contributed by atoms with Crippen LogP contribution in [0.1, 0.15) is 36.1 Å². The van der Waals surface area contributed by atoms with Gasteiger partial charge in [0.25, 0.3) is 0 Å². The van der Waals surface area contributed by atoms with Crippen LogP contribution in [0.15, 0.2) is 73.8 Å². The molecule has 0 fully saturated rings. The Morgan fingerprint density at radius 2 is 1.17 bits per heavy atom. The van der Waals surface area contributed by atoms with E-state index < -0.39 is 0 Å². The van der Waals surface area contributed by atoms with E-state index in [2.05, 4.69) is 23.8 Å². The second-order valence-corrected chi connectivity index (χ2v) is 7.41. The normalized spacial score (nSPS) is 12.1. The second kappa shape index (κ2) is 8.29. The molecular formula is C24H24N4O2. The molecular weight excluding hydrogens is 376 g/mol. The highest BCUT2D eigenvalue weighted by Gasteiger charge is 2.10. The Bertz CT molecular complexity index is 1080. The number of phenolic OH excluding ortho intramolecular Hbond substituents is 2. The van der Waals surface area contributed by atoms with Crippen LogP contribution in [-0.2, 0) is 13.1 Å². The maximum absolute atomic E-state index is 10.3. The van der Waals surface area contributed by atoms with Crippen molar-refractivity contribution in [3.8, 4) is 11.5 Å². The third kappa shape index (κ3) is 4.12. The summed E-state index contributed by atoms with van der Waals surface area (Å²) >= 11 is 0. The topological polar surface area (TPSA) is 76.1 Å². The van der Waals surface area contributed by atoms with Crippen LogP contribution >= 0.6 is 0 Å². The molecule has 152 valence electrons. The highest BCUT2D eigenvalue weighted by atomic mass is 16.3. The van der Waals surface area contributed by atoms with E-state index in [1.165, 1.54) is 0 Å². The Morgan fingerprint density at radius 1 is 0.733 bits per heavy atom. The number of rotatable bonds is 6. The van der Waals surface area contributed by atoms with Gasteiger partial charge >= 0.3 is 0 Å². The van der Waals surface area contributed by atoms with Crippen LogP contribution in [0.2, 0.25) is 0 Å². The zero-order valence-corrected chi connectivity index (χ0v) is 17.0. The molecule has 2 aromatic carbocycles. The van der Waals surface area contributed by atoms with Crippen LogP contribution in [0.3, 0.4) is 0 Å². The van der Waals surface area contributed by atoms with E-state index in [4.69, 9.17) is 0 Å². The number of phenols is 2. The predicted molar refractivity (Wildman–Crippen MR) is 117 cm³/mol. The van der Waals surface area contributed by atoms with Gasteiger partial charge in [0.2, 0.25) is 0 Å². The number of aromatic hydroxyl groups is 2. The molecule has 0 unspecified atom stereocenters. The van der Waals surface area contributed by atoms with E-state index in [0.29, 0.717) is 13.1 Å². The summed E-state index contributed by atoms with van der Waals surface area (Å²) in [5.74, 6) is 0.537. The van der Waals surface area contributed by atoms with Crippen molar-refractivity contribution < 1.29 is 10.2 Å². The molecule has 4 rings (SSSR count). The van der Waals surface area contributed by atoms with Crippen molar-refractivity contribution in [1.29, 1.82) is 0 Å². The monoisotopic (exact) mass is 400 g/mol. The van der Waals surface area contributed by atoms with E-state index in [1.54, 1.807) is 37.2 Å². The molecule has 0 saturated carbocycles. The van der Waals surface area contributed by atoms with Crippen LogP contribution in [0.4, 0.5) is 0 Å². The minimum atomic E-state index is 0.269. The summed E-state index contributed by atoms with van der Waals surface area (Å²) in [5.41, 5.74) is 5.99. The Morgan fingerprint density at radius 3 is 1.53 bits per heavy atom. The largest absolute Gasteiger partial charge is 0.508 e. The number of allylic oxidation sites excluding steroid dienone is 2. The molecule has 0 aliphatic heterocycles. The fourth-order valence-electron chi connectivity index (χ4n) is 3.48. The number of hydrogen-bond acceptors (Lipinski definition) is 4. The van der Waals surface area contributed by atoms with E-state index in [9.17, 15) is 10.2 Å². The maximum Gasteiger partial charge on any atom is 0.120 e. The lowest BCUT2D eigenvalue weighted by Gasteiger charge is -2.14. The molecule has 0 spiro atoms. The molecule has 0 aliphatic rings. The number of hydrogen-bond donors (Lipinski definition) is 2. The highest BCUT2D eigenvalue weighted by Crippen LogP contribution is 2.31. The van der Waals surface area contributed by atoms with Gasteiger partial charge in [-0.05, 0) is 60.4 Å². The van der Waals surface area contributed by atoms with Gasteiger partial charge in [0.1, 0.15) is 11.5 Å². The molecule has 0 aliphatic carbocycles. The average molecular weight is 400 g/mol. The van der Waals surface area contributed by atoms with Gasteiger partial charge in [0.05, 0.1) is 25.7 Å². The van der Waals surface area contributed by atoms with Gasteiger partial charge in [-0.15, -0.1) is 0 Å². The zero-order chi connectivity index (χ0) is 21.1. The molecule has 0 atom stereocenters. The minimum absolute atomic E-state index is 0.269. The summed E-state index contributed by atoms with van der Waals surface area (Å²) in [4.78, 5) is 8.12. The summed E-state index contributed by atoms with van der Waals surface area (Å²) in [6.45, 7) is 5.26. The Hall–Kier alpha value is -3.80. The summed E-state index contributed by atoms with van der Waals surface area (Å²) in [5, 5.41) is 20.6. The minimum Gasteiger partial charge on any atom is -0.508 e. The molecule has 2 N–H and O–H groups in total. The van der Waals surface area contributed by atoms with Crippen molar-refractivity contribution in [2.45, 2.75) is 26.9 Å². The lowest BCUT2D eigenvalue weighted by atomic mass is 9.94. The zero-order valence-electron chi connectivity index (χ0n) is 17.0. The Kier molecular flexibility index (Phi) is 5.39. The van der Waals surface area contributed by atoms with Gasteiger partial charge in [-0.2, -0.15) is 0 Å². The van der Waals surface area contributed by atoms with Gasteiger partial charge in [-0.25, -0.2) is 9.97 Å². The highest BCUT2D eigenvalue weighted by molar-refractivity contribution is 5.89. The van der Waals surface area contributed by atoms with E-state index >= 15 is 0 Å². The smallest absolute Gasteiger partial charge is 0.120 e. The molecule has 6 heteroatoms. The molecule has 2 aromatic heterocycles. The van der Waals surface area contributed by atoms with Gasteiger partial charge in [0, 0.05) is 35.9 Å². The predicted octanol–water partition coefficient (Wildman–Crippen LogP) is 4.54. The number of imidazole rings is 2. The number of benzene rings is 2. The first-order valence-corrected chi connectivity index (χ1v) is 9.75. The molecule has 0 radical (unpaired) electrons. The molecule has 6 nitrogen and oxygen atoms in total. The summed E-state index contributed by atoms with van der Waals surface area (Å²) in [6, 6.07) is 11.4. The summed E-state index contributed by atoms with van der Waals surface area (Å²) in [7, 11) is 0. The van der Waals surface area contributed by atoms with Crippen molar-refractivity contribution in [1.82, 2.24) is 19.1 Å². The number of aromatic nitrogens is 4. The standard InChI is InChI=1S/C24H24N4O2/c1-17(19-3-5-23(29)21(11-19)13-27-9-7-25-15-27)18(2)20-4-6-24(30)22(12-20)14-28-10-8-26-16-28/h3-12,15-16,29-30H,13-14H2,1-2H3. The van der Waals surface area contributed by atoms with E-state index in [0.717, 1.165) is 33.4 Å². The SMILES string of the molecule is CC(=C(C)c1ccc(O)c(Cn2ccnc2)c1)c1ccc(O)c(Cn2ccnc2)c1. The molecule has 30 heavy (non-hydrogen) atoms. The van der Waals surface area contributed by atoms with Crippen molar-refractivity contribution in [3.63, 3.8) is 0 Å². The molecule has 4 aromatic rings. The van der Waals surface area contributed by atoms with Crippen molar-refractivity contribution in [2.75, 3.05) is 0 Å². The first kappa shape index (κ1) is 19.5. The number of nitrogens with zero attached hydrogens (tertiary/aromatic N) is 4. The van der Waals surface area contributed by atoms with Gasteiger partial charge in [-0.1, -0.05) is 12.1 Å². The van der Waals surface area contributed by atoms with Crippen molar-refractivity contribution in [3.05, 3.63) is 96.1 Å². The maximum atomic E-state index is 10.3. The lowest BCUT2D eigenvalue weighted by Crippen LogP contribution is -1.99. The van der Waals surface area contributed by atoms with Gasteiger partial charge in [0.15, 0.2) is 0 Å². The average Bonchev–Trinajstić information content (AvgIpc) is 3.44. The van der Waals surface area contributed by atoms with E-state index in [1.807, 2.05) is 45.8 Å². The van der Waals surface area contributed by atoms with Crippen LogP contribution < -0.4 is 0 Å². The molecule has 0 amide bonds. The molecule has 0 bridgehead atoms. The summed E-state index contributed by atoms with van der Waals surface area (Å²) < 4.78 is 3.85. The van der Waals surface area contributed by atoms with Gasteiger partial charge < -0.3 is 19.3 Å². The first-order chi connectivity index (χ1) is 14.5. The second-order valence-electron chi connectivity index (χ2n) is 7.41. The third-order valence-electron chi connectivity index (χ3n) is 5.41. The quantitative estimate of drug-likeness (QED) is 0.466. The molecule has 2 heterocycles. The first-order valence-electron chi connectivity index (χ1n) is 9.75. The Balaban J connectivity index is 1.66. The van der Waals surface area contributed by atoms with Crippen LogP contribution in [-0.4, -0.2) is 29.3 Å². The van der Waals surface area contributed by atoms with E-state index in [-0.39, 0.29) is 11.5 Å². The van der Waals surface area contributed by atoms with Gasteiger partial charge in [-0.3, -0.25) is 0 Å². The Labute approximate surface area is 175 Å². The fourth-order valence-corrected chi connectivity index (χ4v) is 3.48. The van der Waals surface area contributed by atoms with Crippen LogP contribution in [0, 0.1) is 0 Å². The third-order valence-corrected chi connectivity index (χ3v) is 5.41. The van der Waals surface area contributed by atoms with Crippen molar-refractivity contribution in [2.24, 2.45) is 0 Å². The van der Waals surface area contributed by atoms with Crippen molar-refractivity contribution >= 4 is 11.1 Å². The lowest BCUT2D eigenvalue weighted by molar-refractivity contribution is 0.465. The van der Waals surface area contributed by atoms with Crippen LogP contribution in [0.5, 0.6) is 11.5 Å². The van der Waals surface area contributed by atoms with Crippen LogP contribution in [0.25, 0.3) is 11.1 Å². The summed E-state index contributed by atoms with van der Waals surface area (Å²) in [6.07, 6.45) is 10.7. The molecule has 0 saturated heterocycles. The fraction of sp³-hybridized carbons (Fsp3) is 0.167.